The van der Waals surface area contributed by atoms with E-state index in [1.54, 1.807) is 6.20 Å². The summed E-state index contributed by atoms with van der Waals surface area (Å²) in [5.74, 6) is -0.0445. The molecule has 2 aromatic rings. The van der Waals surface area contributed by atoms with Gasteiger partial charge in [0.25, 0.3) is 5.91 Å². The average Bonchev–Trinajstić information content (AvgIpc) is 2.87. The second-order valence-corrected chi connectivity index (χ2v) is 6.28. The number of carbonyl (C=O) groups is 1. The minimum Gasteiger partial charge on any atom is -0.351 e. The molecule has 4 nitrogen and oxygen atoms in total. The lowest BCUT2D eigenvalue weighted by atomic mass is 10.1. The quantitative estimate of drug-likeness (QED) is 0.658. The Morgan fingerprint density at radius 1 is 1.04 bits per heavy atom. The Kier molecular flexibility index (Phi) is 5.59. The molecule has 0 spiro atoms. The van der Waals surface area contributed by atoms with Gasteiger partial charge in [0, 0.05) is 30.7 Å². The van der Waals surface area contributed by atoms with Gasteiger partial charge >= 0.3 is 0 Å². The van der Waals surface area contributed by atoms with Crippen LogP contribution in [0.5, 0.6) is 0 Å². The molecule has 1 amide bonds. The second-order valence-electron chi connectivity index (χ2n) is 6.28. The molecule has 0 aliphatic heterocycles. The van der Waals surface area contributed by atoms with Crippen molar-refractivity contribution in [3.05, 3.63) is 42.1 Å². The minimum atomic E-state index is -0.0445. The van der Waals surface area contributed by atoms with E-state index < -0.39 is 0 Å². The largest absolute Gasteiger partial charge is 0.351 e. The van der Waals surface area contributed by atoms with Crippen LogP contribution in [0.3, 0.4) is 0 Å². The van der Waals surface area contributed by atoms with Crippen molar-refractivity contribution in [3.63, 3.8) is 0 Å². The van der Waals surface area contributed by atoms with Gasteiger partial charge in [0.1, 0.15) is 0 Å². The zero-order valence-corrected chi connectivity index (χ0v) is 13.6. The Bertz CT molecular complexity index is 643. The SMILES string of the molecule is O=C(NCCNC1CCCCCC1)c1cccc2cccnc12. The van der Waals surface area contributed by atoms with Crippen LogP contribution in [0.25, 0.3) is 10.9 Å². The van der Waals surface area contributed by atoms with Gasteiger partial charge in [0.05, 0.1) is 11.1 Å². The third-order valence-corrected chi connectivity index (χ3v) is 4.58. The second kappa shape index (κ2) is 8.06. The first-order valence-electron chi connectivity index (χ1n) is 8.70. The van der Waals surface area contributed by atoms with Crippen LogP contribution in [-0.4, -0.2) is 30.0 Å². The van der Waals surface area contributed by atoms with E-state index in [-0.39, 0.29) is 5.91 Å². The van der Waals surface area contributed by atoms with Crippen molar-refractivity contribution < 1.29 is 4.79 Å². The fourth-order valence-corrected chi connectivity index (χ4v) is 3.32. The number of hydrogen-bond acceptors (Lipinski definition) is 3. The number of amides is 1. The summed E-state index contributed by atoms with van der Waals surface area (Å²) in [6.45, 7) is 1.48. The fraction of sp³-hybridized carbons (Fsp3) is 0.474. The number of aromatic nitrogens is 1. The highest BCUT2D eigenvalue weighted by atomic mass is 16.1. The molecule has 0 radical (unpaired) electrons. The number of pyridine rings is 1. The van der Waals surface area contributed by atoms with Crippen molar-refractivity contribution in [2.24, 2.45) is 0 Å². The monoisotopic (exact) mass is 311 g/mol. The average molecular weight is 311 g/mol. The topological polar surface area (TPSA) is 54.0 Å². The molecule has 1 aromatic heterocycles. The maximum absolute atomic E-state index is 12.4. The van der Waals surface area contributed by atoms with Crippen molar-refractivity contribution in [1.82, 2.24) is 15.6 Å². The predicted molar refractivity (Wildman–Crippen MR) is 93.6 cm³/mol. The van der Waals surface area contributed by atoms with Gasteiger partial charge in [0.15, 0.2) is 0 Å². The highest BCUT2D eigenvalue weighted by Gasteiger charge is 2.12. The van der Waals surface area contributed by atoms with Crippen molar-refractivity contribution in [2.75, 3.05) is 13.1 Å². The predicted octanol–water partition coefficient (Wildman–Crippen LogP) is 3.28. The zero-order chi connectivity index (χ0) is 15.9. The number of para-hydroxylation sites is 1. The molecule has 3 rings (SSSR count). The van der Waals surface area contributed by atoms with Crippen LogP contribution >= 0.6 is 0 Å². The normalized spacial score (nSPS) is 16.2. The Labute approximate surface area is 137 Å². The molecule has 1 saturated carbocycles. The summed E-state index contributed by atoms with van der Waals surface area (Å²) in [7, 11) is 0. The third kappa shape index (κ3) is 4.29. The van der Waals surface area contributed by atoms with Crippen molar-refractivity contribution >= 4 is 16.8 Å². The molecule has 1 aromatic carbocycles. The minimum absolute atomic E-state index is 0.0445. The van der Waals surface area contributed by atoms with Crippen LogP contribution in [0.4, 0.5) is 0 Å². The van der Waals surface area contributed by atoms with E-state index in [9.17, 15) is 4.79 Å². The molecule has 1 aliphatic rings. The maximum atomic E-state index is 12.4. The van der Waals surface area contributed by atoms with Crippen molar-refractivity contribution in [3.8, 4) is 0 Å². The van der Waals surface area contributed by atoms with Crippen LogP contribution in [-0.2, 0) is 0 Å². The number of hydrogen-bond donors (Lipinski definition) is 2. The molecular formula is C19H25N3O. The van der Waals surface area contributed by atoms with Crippen LogP contribution in [0, 0.1) is 0 Å². The number of nitrogens with zero attached hydrogens (tertiary/aromatic N) is 1. The highest BCUT2D eigenvalue weighted by molar-refractivity contribution is 6.05. The van der Waals surface area contributed by atoms with E-state index in [1.807, 2.05) is 30.3 Å². The summed E-state index contributed by atoms with van der Waals surface area (Å²) < 4.78 is 0. The van der Waals surface area contributed by atoms with Gasteiger partial charge in [-0.25, -0.2) is 0 Å². The molecule has 0 saturated heterocycles. The smallest absolute Gasteiger partial charge is 0.253 e. The van der Waals surface area contributed by atoms with E-state index >= 15 is 0 Å². The van der Waals surface area contributed by atoms with Crippen LogP contribution < -0.4 is 10.6 Å². The highest BCUT2D eigenvalue weighted by Crippen LogP contribution is 2.17. The number of carbonyl (C=O) groups excluding carboxylic acids is 1. The molecule has 0 bridgehead atoms. The van der Waals surface area contributed by atoms with Gasteiger partial charge in [-0.3, -0.25) is 9.78 Å². The molecule has 0 unspecified atom stereocenters. The van der Waals surface area contributed by atoms with Gasteiger partial charge in [-0.1, -0.05) is 43.9 Å². The van der Waals surface area contributed by atoms with E-state index in [2.05, 4.69) is 15.6 Å². The standard InChI is InChI=1S/C19H25N3O/c23-19(17-11-5-7-15-8-6-12-21-18(15)17)22-14-13-20-16-9-3-1-2-4-10-16/h5-8,11-12,16,20H,1-4,9-10,13-14H2,(H,22,23). The molecule has 4 heteroatoms. The Hall–Kier alpha value is -1.94. The first-order valence-corrected chi connectivity index (χ1v) is 8.70. The Morgan fingerprint density at radius 3 is 2.65 bits per heavy atom. The van der Waals surface area contributed by atoms with Crippen molar-refractivity contribution in [1.29, 1.82) is 0 Å². The number of rotatable bonds is 5. The van der Waals surface area contributed by atoms with Gasteiger partial charge in [-0.2, -0.15) is 0 Å². The molecule has 2 N–H and O–H groups in total. The van der Waals surface area contributed by atoms with E-state index in [4.69, 9.17) is 0 Å². The molecule has 1 fully saturated rings. The van der Waals surface area contributed by atoms with E-state index in [1.165, 1.54) is 38.5 Å². The Morgan fingerprint density at radius 2 is 1.83 bits per heavy atom. The molecule has 1 heterocycles. The van der Waals surface area contributed by atoms with Gasteiger partial charge in [-0.15, -0.1) is 0 Å². The summed E-state index contributed by atoms with van der Waals surface area (Å²) in [6, 6.07) is 10.2. The molecule has 0 atom stereocenters. The first-order chi connectivity index (χ1) is 11.3. The summed E-state index contributed by atoms with van der Waals surface area (Å²) in [5, 5.41) is 7.58. The molecule has 122 valence electrons. The summed E-state index contributed by atoms with van der Waals surface area (Å²) in [4.78, 5) is 16.7. The lowest BCUT2D eigenvalue weighted by Crippen LogP contribution is -2.36. The fourth-order valence-electron chi connectivity index (χ4n) is 3.32. The summed E-state index contributed by atoms with van der Waals surface area (Å²) in [5.41, 5.74) is 1.42. The molecule has 23 heavy (non-hydrogen) atoms. The molecule has 1 aliphatic carbocycles. The van der Waals surface area contributed by atoms with Crippen LogP contribution in [0.15, 0.2) is 36.5 Å². The first kappa shape index (κ1) is 15.9. The Balaban J connectivity index is 1.51. The number of nitrogens with one attached hydrogen (secondary N) is 2. The lowest BCUT2D eigenvalue weighted by Gasteiger charge is -2.16. The number of benzene rings is 1. The van der Waals surface area contributed by atoms with Gasteiger partial charge < -0.3 is 10.6 Å². The lowest BCUT2D eigenvalue weighted by molar-refractivity contribution is 0.0955. The van der Waals surface area contributed by atoms with E-state index in [0.717, 1.165) is 17.4 Å². The van der Waals surface area contributed by atoms with Gasteiger partial charge in [0.2, 0.25) is 0 Å². The van der Waals surface area contributed by atoms with Crippen LogP contribution in [0.1, 0.15) is 48.9 Å². The van der Waals surface area contributed by atoms with E-state index in [0.29, 0.717) is 18.2 Å². The summed E-state index contributed by atoms with van der Waals surface area (Å²) >= 11 is 0. The summed E-state index contributed by atoms with van der Waals surface area (Å²) in [6.07, 6.45) is 9.64. The van der Waals surface area contributed by atoms with Crippen LogP contribution in [0.2, 0.25) is 0 Å². The zero-order valence-electron chi connectivity index (χ0n) is 13.6. The molecular weight excluding hydrogens is 286 g/mol. The number of fused-ring (bicyclic) bond motifs is 1. The third-order valence-electron chi connectivity index (χ3n) is 4.58. The van der Waals surface area contributed by atoms with Gasteiger partial charge in [-0.05, 0) is 25.0 Å². The van der Waals surface area contributed by atoms with Crippen molar-refractivity contribution in [2.45, 2.75) is 44.6 Å². The maximum Gasteiger partial charge on any atom is 0.253 e.